The van der Waals surface area contributed by atoms with Crippen LogP contribution in [0, 0.1) is 11.7 Å². The number of piperidine rings is 1. The topological polar surface area (TPSA) is 75.4 Å². The zero-order valence-electron chi connectivity index (χ0n) is 14.5. The molecular formula is C20H22FN3O2. The molecule has 0 bridgehead atoms. The molecule has 1 heterocycles. The third kappa shape index (κ3) is 4.67. The standard InChI is InChI=1S/C20H22FN3O2/c21-17-5-1-14(2-6-17)13-24-11-9-16(10-12-24)20(26)23-18-7-3-15(4-8-18)19(22)25/h1-8,16H,9-13H2,(H2,22,25)(H,23,26). The molecule has 2 amide bonds. The highest BCUT2D eigenvalue weighted by Crippen LogP contribution is 2.21. The van der Waals surface area contributed by atoms with Gasteiger partial charge in [0, 0.05) is 23.7 Å². The average molecular weight is 355 g/mol. The van der Waals surface area contributed by atoms with Crippen LogP contribution >= 0.6 is 0 Å². The number of halogens is 1. The molecule has 0 spiro atoms. The minimum Gasteiger partial charge on any atom is -0.366 e. The van der Waals surface area contributed by atoms with Gasteiger partial charge in [0.05, 0.1) is 0 Å². The summed E-state index contributed by atoms with van der Waals surface area (Å²) >= 11 is 0. The first-order valence-electron chi connectivity index (χ1n) is 8.69. The van der Waals surface area contributed by atoms with Gasteiger partial charge in [0.25, 0.3) is 0 Å². The number of anilines is 1. The second kappa shape index (κ2) is 8.10. The Morgan fingerprint density at radius 3 is 2.23 bits per heavy atom. The third-order valence-corrected chi connectivity index (χ3v) is 4.71. The number of carbonyl (C=O) groups excluding carboxylic acids is 2. The highest BCUT2D eigenvalue weighted by Gasteiger charge is 2.25. The molecule has 0 radical (unpaired) electrons. The maximum Gasteiger partial charge on any atom is 0.248 e. The summed E-state index contributed by atoms with van der Waals surface area (Å²) in [7, 11) is 0. The van der Waals surface area contributed by atoms with Crippen molar-refractivity contribution in [2.45, 2.75) is 19.4 Å². The molecule has 0 aromatic heterocycles. The van der Waals surface area contributed by atoms with Crippen LogP contribution in [0.5, 0.6) is 0 Å². The van der Waals surface area contributed by atoms with Crippen LogP contribution in [0.2, 0.25) is 0 Å². The van der Waals surface area contributed by atoms with E-state index in [0.29, 0.717) is 11.3 Å². The van der Waals surface area contributed by atoms with E-state index in [9.17, 15) is 14.0 Å². The van der Waals surface area contributed by atoms with Crippen molar-refractivity contribution >= 4 is 17.5 Å². The first-order valence-corrected chi connectivity index (χ1v) is 8.69. The lowest BCUT2D eigenvalue weighted by Gasteiger charge is -2.31. The van der Waals surface area contributed by atoms with Crippen LogP contribution in [0.25, 0.3) is 0 Å². The van der Waals surface area contributed by atoms with Gasteiger partial charge in [-0.3, -0.25) is 14.5 Å². The van der Waals surface area contributed by atoms with Crippen LogP contribution in [-0.2, 0) is 11.3 Å². The van der Waals surface area contributed by atoms with Gasteiger partial charge in [0.15, 0.2) is 0 Å². The Hall–Kier alpha value is -2.73. The SMILES string of the molecule is NC(=O)c1ccc(NC(=O)C2CCN(Cc3ccc(F)cc3)CC2)cc1. The van der Waals surface area contributed by atoms with E-state index in [1.165, 1.54) is 12.1 Å². The van der Waals surface area contributed by atoms with Crippen molar-refractivity contribution in [2.24, 2.45) is 11.7 Å². The molecule has 2 aromatic rings. The number of nitrogens with zero attached hydrogens (tertiary/aromatic N) is 1. The van der Waals surface area contributed by atoms with Crippen LogP contribution in [0.15, 0.2) is 48.5 Å². The van der Waals surface area contributed by atoms with E-state index in [1.807, 2.05) is 0 Å². The molecule has 1 aliphatic rings. The molecule has 6 heteroatoms. The van der Waals surface area contributed by atoms with Gasteiger partial charge in [-0.2, -0.15) is 0 Å². The van der Waals surface area contributed by atoms with Crippen LogP contribution in [0.1, 0.15) is 28.8 Å². The Morgan fingerprint density at radius 2 is 1.65 bits per heavy atom. The molecule has 0 saturated carbocycles. The Kier molecular flexibility index (Phi) is 5.63. The maximum atomic E-state index is 13.0. The summed E-state index contributed by atoms with van der Waals surface area (Å²) < 4.78 is 13.0. The van der Waals surface area contributed by atoms with E-state index in [1.54, 1.807) is 36.4 Å². The minimum absolute atomic E-state index is 0.00161. The number of hydrogen-bond acceptors (Lipinski definition) is 3. The number of amides is 2. The van der Waals surface area contributed by atoms with Crippen molar-refractivity contribution < 1.29 is 14.0 Å². The molecular weight excluding hydrogens is 333 g/mol. The van der Waals surface area contributed by atoms with Crippen molar-refractivity contribution in [3.8, 4) is 0 Å². The van der Waals surface area contributed by atoms with E-state index in [4.69, 9.17) is 5.73 Å². The highest BCUT2D eigenvalue weighted by molar-refractivity contribution is 5.95. The smallest absolute Gasteiger partial charge is 0.248 e. The summed E-state index contributed by atoms with van der Waals surface area (Å²) in [5.41, 5.74) is 7.36. The van der Waals surface area contributed by atoms with Crippen LogP contribution in [0.4, 0.5) is 10.1 Å². The van der Waals surface area contributed by atoms with Crippen molar-refractivity contribution in [3.63, 3.8) is 0 Å². The van der Waals surface area contributed by atoms with Gasteiger partial charge in [0.1, 0.15) is 5.82 Å². The molecule has 5 nitrogen and oxygen atoms in total. The van der Waals surface area contributed by atoms with Gasteiger partial charge in [-0.05, 0) is 67.9 Å². The minimum atomic E-state index is -0.489. The number of hydrogen-bond donors (Lipinski definition) is 2. The lowest BCUT2D eigenvalue weighted by molar-refractivity contribution is -0.121. The summed E-state index contributed by atoms with van der Waals surface area (Å²) in [6.45, 7) is 2.43. The number of nitrogens with two attached hydrogens (primary N) is 1. The van der Waals surface area contributed by atoms with Gasteiger partial charge >= 0.3 is 0 Å². The van der Waals surface area contributed by atoms with Crippen molar-refractivity contribution in [3.05, 3.63) is 65.5 Å². The van der Waals surface area contributed by atoms with Gasteiger partial charge < -0.3 is 11.1 Å². The Balaban J connectivity index is 1.48. The Bertz CT molecular complexity index is 767. The first-order chi connectivity index (χ1) is 12.5. The summed E-state index contributed by atoms with van der Waals surface area (Å²) in [6.07, 6.45) is 1.57. The second-order valence-electron chi connectivity index (χ2n) is 6.61. The van der Waals surface area contributed by atoms with E-state index < -0.39 is 5.91 Å². The molecule has 0 aliphatic carbocycles. The fourth-order valence-corrected chi connectivity index (χ4v) is 3.16. The zero-order chi connectivity index (χ0) is 18.5. The van der Waals surface area contributed by atoms with Crippen LogP contribution in [-0.4, -0.2) is 29.8 Å². The second-order valence-corrected chi connectivity index (χ2v) is 6.61. The largest absolute Gasteiger partial charge is 0.366 e. The summed E-state index contributed by atoms with van der Waals surface area (Å²) in [4.78, 5) is 25.8. The third-order valence-electron chi connectivity index (χ3n) is 4.71. The molecule has 2 aromatic carbocycles. The quantitative estimate of drug-likeness (QED) is 0.866. The van der Waals surface area contributed by atoms with E-state index in [-0.39, 0.29) is 17.6 Å². The highest BCUT2D eigenvalue weighted by atomic mass is 19.1. The van der Waals surface area contributed by atoms with E-state index >= 15 is 0 Å². The van der Waals surface area contributed by atoms with Crippen molar-refractivity contribution in [1.82, 2.24) is 4.90 Å². The number of rotatable bonds is 5. The zero-order valence-corrected chi connectivity index (χ0v) is 14.5. The number of carbonyl (C=O) groups is 2. The first kappa shape index (κ1) is 18.1. The molecule has 1 saturated heterocycles. The molecule has 136 valence electrons. The molecule has 3 rings (SSSR count). The molecule has 0 atom stereocenters. The average Bonchev–Trinajstić information content (AvgIpc) is 2.64. The van der Waals surface area contributed by atoms with Gasteiger partial charge in [-0.1, -0.05) is 12.1 Å². The summed E-state index contributed by atoms with van der Waals surface area (Å²) in [5.74, 6) is -0.752. The van der Waals surface area contributed by atoms with Crippen molar-refractivity contribution in [2.75, 3.05) is 18.4 Å². The predicted octanol–water partition coefficient (Wildman–Crippen LogP) is 2.78. The molecule has 26 heavy (non-hydrogen) atoms. The Labute approximate surface area is 152 Å². The summed E-state index contributed by atoms with van der Waals surface area (Å²) in [6, 6.07) is 13.1. The lowest BCUT2D eigenvalue weighted by Crippen LogP contribution is -2.37. The number of nitrogens with one attached hydrogen (secondary N) is 1. The van der Waals surface area contributed by atoms with Gasteiger partial charge in [-0.15, -0.1) is 0 Å². The van der Waals surface area contributed by atoms with E-state index in [2.05, 4.69) is 10.2 Å². The van der Waals surface area contributed by atoms with Gasteiger partial charge in [-0.25, -0.2) is 4.39 Å². The monoisotopic (exact) mass is 355 g/mol. The predicted molar refractivity (Wildman–Crippen MR) is 98.0 cm³/mol. The normalized spacial score (nSPS) is 15.6. The molecule has 1 aliphatic heterocycles. The lowest BCUT2D eigenvalue weighted by atomic mass is 9.95. The van der Waals surface area contributed by atoms with E-state index in [0.717, 1.165) is 38.0 Å². The maximum absolute atomic E-state index is 13.0. The fraction of sp³-hybridized carbons (Fsp3) is 0.300. The number of likely N-dealkylation sites (tertiary alicyclic amines) is 1. The van der Waals surface area contributed by atoms with Crippen LogP contribution < -0.4 is 11.1 Å². The Morgan fingerprint density at radius 1 is 1.04 bits per heavy atom. The molecule has 3 N–H and O–H groups in total. The van der Waals surface area contributed by atoms with Crippen molar-refractivity contribution in [1.29, 1.82) is 0 Å². The summed E-state index contributed by atoms with van der Waals surface area (Å²) in [5, 5.41) is 2.90. The van der Waals surface area contributed by atoms with Crippen LogP contribution in [0.3, 0.4) is 0 Å². The molecule has 1 fully saturated rings. The number of primary amides is 1. The fourth-order valence-electron chi connectivity index (χ4n) is 3.16. The molecule has 0 unspecified atom stereocenters. The van der Waals surface area contributed by atoms with Gasteiger partial charge in [0.2, 0.25) is 11.8 Å². The number of benzene rings is 2.